The van der Waals surface area contributed by atoms with Gasteiger partial charge in [-0.05, 0) is 56.2 Å². The minimum Gasteiger partial charge on any atom is -0.490 e. The molecule has 1 amide bonds. The molecule has 4 nitrogen and oxygen atoms in total. The van der Waals surface area contributed by atoms with Crippen molar-refractivity contribution in [2.45, 2.75) is 63.5 Å². The van der Waals surface area contributed by atoms with Crippen LogP contribution in [0.15, 0.2) is 18.2 Å². The molecule has 1 atom stereocenters. The van der Waals surface area contributed by atoms with E-state index in [1.54, 1.807) is 12.1 Å². The third-order valence-corrected chi connectivity index (χ3v) is 5.17. The molecule has 6 heteroatoms. The van der Waals surface area contributed by atoms with Crippen LogP contribution in [0.1, 0.15) is 63.5 Å². The number of ether oxygens (including phenoxy) is 1. The molecule has 0 radical (unpaired) electrons. The fourth-order valence-electron chi connectivity index (χ4n) is 3.23. The molecule has 0 aliphatic heterocycles. The molecule has 0 aromatic heterocycles. The van der Waals surface area contributed by atoms with E-state index in [1.807, 2.05) is 6.92 Å². The van der Waals surface area contributed by atoms with Crippen LogP contribution in [0, 0.1) is 11.7 Å². The Kier molecular flexibility index (Phi) is 6.69. The van der Waals surface area contributed by atoms with Gasteiger partial charge in [-0.25, -0.2) is 4.39 Å². The SMILES string of the molecule is CC(NC(=O)C1(N)CCCCC1)c1ccc(OCC2CC2)c(F)c1.Cl. The molecule has 140 valence electrons. The molecule has 2 aliphatic rings. The Hall–Kier alpha value is -1.33. The van der Waals surface area contributed by atoms with Crippen molar-refractivity contribution in [2.75, 3.05) is 6.61 Å². The molecule has 2 saturated carbocycles. The van der Waals surface area contributed by atoms with Crippen molar-refractivity contribution in [3.8, 4) is 5.75 Å². The van der Waals surface area contributed by atoms with E-state index < -0.39 is 5.54 Å². The van der Waals surface area contributed by atoms with Crippen LogP contribution in [0.25, 0.3) is 0 Å². The van der Waals surface area contributed by atoms with Gasteiger partial charge >= 0.3 is 0 Å². The highest BCUT2D eigenvalue weighted by molar-refractivity contribution is 5.86. The molecule has 0 heterocycles. The van der Waals surface area contributed by atoms with Gasteiger partial charge in [0.25, 0.3) is 0 Å². The Morgan fingerprint density at radius 1 is 1.36 bits per heavy atom. The standard InChI is InChI=1S/C19H27FN2O2.ClH/c1-13(22-18(23)19(21)9-3-2-4-10-19)15-7-8-17(16(20)11-15)24-12-14-5-6-14;/h7-8,11,13-14H,2-6,9-10,12,21H2,1H3,(H,22,23);1H. The molecule has 1 unspecified atom stereocenters. The largest absolute Gasteiger partial charge is 0.490 e. The summed E-state index contributed by atoms with van der Waals surface area (Å²) in [6, 6.07) is 4.61. The first kappa shape index (κ1) is 20.0. The van der Waals surface area contributed by atoms with Gasteiger partial charge in [0, 0.05) is 0 Å². The lowest BCUT2D eigenvalue weighted by Crippen LogP contribution is -2.55. The molecule has 3 N–H and O–H groups in total. The lowest BCUT2D eigenvalue weighted by Gasteiger charge is -2.33. The second-order valence-electron chi connectivity index (χ2n) is 7.36. The van der Waals surface area contributed by atoms with Gasteiger partial charge < -0.3 is 15.8 Å². The average Bonchev–Trinajstić information content (AvgIpc) is 3.38. The Morgan fingerprint density at radius 2 is 2.04 bits per heavy atom. The van der Waals surface area contributed by atoms with E-state index in [-0.39, 0.29) is 35.9 Å². The Bertz CT molecular complexity index is 601. The van der Waals surface area contributed by atoms with Crippen LogP contribution >= 0.6 is 12.4 Å². The summed E-state index contributed by atoms with van der Waals surface area (Å²) in [5.74, 6) is 0.351. The molecule has 0 spiro atoms. The highest BCUT2D eigenvalue weighted by atomic mass is 35.5. The maximum atomic E-state index is 14.2. The van der Waals surface area contributed by atoms with Gasteiger partial charge in [0.15, 0.2) is 11.6 Å². The van der Waals surface area contributed by atoms with E-state index in [9.17, 15) is 9.18 Å². The number of carbonyl (C=O) groups is 1. The normalized spacial score (nSPS) is 20.3. The number of nitrogens with one attached hydrogen (secondary N) is 1. The van der Waals surface area contributed by atoms with E-state index in [1.165, 1.54) is 18.9 Å². The van der Waals surface area contributed by atoms with Gasteiger partial charge in [0.2, 0.25) is 5.91 Å². The summed E-state index contributed by atoms with van der Waals surface area (Å²) in [6.45, 7) is 2.43. The van der Waals surface area contributed by atoms with E-state index in [0.29, 0.717) is 25.4 Å². The molecule has 0 saturated heterocycles. The second-order valence-corrected chi connectivity index (χ2v) is 7.36. The number of nitrogens with two attached hydrogens (primary N) is 1. The van der Waals surface area contributed by atoms with Gasteiger partial charge in [0.05, 0.1) is 18.2 Å². The van der Waals surface area contributed by atoms with Gasteiger partial charge in [-0.3, -0.25) is 4.79 Å². The molecule has 25 heavy (non-hydrogen) atoms. The number of rotatable bonds is 6. The molecule has 1 aromatic rings. The average molecular weight is 371 g/mol. The van der Waals surface area contributed by atoms with E-state index >= 15 is 0 Å². The van der Waals surface area contributed by atoms with Crippen molar-refractivity contribution in [1.82, 2.24) is 5.32 Å². The third-order valence-electron chi connectivity index (χ3n) is 5.17. The Labute approximate surface area is 155 Å². The predicted molar refractivity (Wildman–Crippen MR) is 98.4 cm³/mol. The molecule has 2 aliphatic carbocycles. The number of amides is 1. The molecular formula is C19H28ClFN2O2. The summed E-state index contributed by atoms with van der Waals surface area (Å²) in [6.07, 6.45) is 6.88. The van der Waals surface area contributed by atoms with Crippen LogP contribution in [-0.2, 0) is 4.79 Å². The fourth-order valence-corrected chi connectivity index (χ4v) is 3.23. The summed E-state index contributed by atoms with van der Waals surface area (Å²) in [7, 11) is 0. The molecule has 1 aromatic carbocycles. The quantitative estimate of drug-likeness (QED) is 0.798. The van der Waals surface area contributed by atoms with Crippen LogP contribution in [-0.4, -0.2) is 18.1 Å². The van der Waals surface area contributed by atoms with Crippen molar-refractivity contribution in [3.05, 3.63) is 29.6 Å². The molecule has 3 rings (SSSR count). The minimum atomic E-state index is -0.779. The smallest absolute Gasteiger partial charge is 0.240 e. The fraction of sp³-hybridized carbons (Fsp3) is 0.632. The van der Waals surface area contributed by atoms with E-state index in [0.717, 1.165) is 24.8 Å². The van der Waals surface area contributed by atoms with Crippen molar-refractivity contribution in [3.63, 3.8) is 0 Å². The second kappa shape index (κ2) is 8.37. The first-order chi connectivity index (χ1) is 11.5. The first-order valence-corrected chi connectivity index (χ1v) is 9.00. The van der Waals surface area contributed by atoms with Gasteiger partial charge in [-0.1, -0.05) is 25.3 Å². The first-order valence-electron chi connectivity index (χ1n) is 9.00. The van der Waals surface area contributed by atoms with Crippen molar-refractivity contribution in [1.29, 1.82) is 0 Å². The minimum absolute atomic E-state index is 0. The zero-order valence-corrected chi connectivity index (χ0v) is 15.5. The van der Waals surface area contributed by atoms with Crippen LogP contribution in [0.4, 0.5) is 4.39 Å². The summed E-state index contributed by atoms with van der Waals surface area (Å²) < 4.78 is 19.7. The van der Waals surface area contributed by atoms with Crippen LogP contribution in [0.3, 0.4) is 0 Å². The summed E-state index contributed by atoms with van der Waals surface area (Å²) >= 11 is 0. The lowest BCUT2D eigenvalue weighted by molar-refractivity contribution is -0.128. The third kappa shape index (κ3) is 5.08. The van der Waals surface area contributed by atoms with E-state index in [4.69, 9.17) is 10.5 Å². The van der Waals surface area contributed by atoms with Gasteiger partial charge in [0.1, 0.15) is 0 Å². The number of carbonyl (C=O) groups excluding carboxylic acids is 1. The summed E-state index contributed by atoms with van der Waals surface area (Å²) in [4.78, 5) is 12.5. The van der Waals surface area contributed by atoms with Crippen LogP contribution in [0.5, 0.6) is 5.75 Å². The maximum Gasteiger partial charge on any atom is 0.240 e. The van der Waals surface area contributed by atoms with Gasteiger partial charge in [-0.15, -0.1) is 12.4 Å². The molecule has 0 bridgehead atoms. The topological polar surface area (TPSA) is 64.4 Å². The Balaban J connectivity index is 0.00000225. The number of hydrogen-bond acceptors (Lipinski definition) is 3. The Morgan fingerprint density at radius 3 is 2.64 bits per heavy atom. The molecule has 2 fully saturated rings. The predicted octanol–water partition coefficient (Wildman–Crippen LogP) is 3.88. The highest BCUT2D eigenvalue weighted by Crippen LogP contribution is 2.31. The molecular weight excluding hydrogens is 343 g/mol. The van der Waals surface area contributed by atoms with Gasteiger partial charge in [-0.2, -0.15) is 0 Å². The lowest BCUT2D eigenvalue weighted by atomic mass is 9.81. The van der Waals surface area contributed by atoms with Crippen molar-refractivity contribution >= 4 is 18.3 Å². The van der Waals surface area contributed by atoms with Crippen molar-refractivity contribution in [2.24, 2.45) is 11.7 Å². The summed E-state index contributed by atoms with van der Waals surface area (Å²) in [5, 5.41) is 2.94. The highest BCUT2D eigenvalue weighted by Gasteiger charge is 2.35. The number of benzene rings is 1. The van der Waals surface area contributed by atoms with Crippen LogP contribution < -0.4 is 15.8 Å². The number of hydrogen-bond donors (Lipinski definition) is 2. The van der Waals surface area contributed by atoms with Crippen molar-refractivity contribution < 1.29 is 13.9 Å². The zero-order chi connectivity index (χ0) is 17.2. The number of halogens is 2. The summed E-state index contributed by atoms with van der Waals surface area (Å²) in [5.41, 5.74) is 6.19. The van der Waals surface area contributed by atoms with Crippen LogP contribution in [0.2, 0.25) is 0 Å². The maximum absolute atomic E-state index is 14.2. The van der Waals surface area contributed by atoms with E-state index in [2.05, 4.69) is 5.32 Å². The monoisotopic (exact) mass is 370 g/mol. The zero-order valence-electron chi connectivity index (χ0n) is 14.7.